The van der Waals surface area contributed by atoms with Crippen LogP contribution in [-0.2, 0) is 61.1 Å². The molecule has 0 unspecified atom stereocenters. The molecule has 91 heavy (non-hydrogen) atoms. The van der Waals surface area contributed by atoms with Crippen molar-refractivity contribution in [2.45, 2.75) is 358 Å². The molecule has 0 spiro atoms. The van der Waals surface area contributed by atoms with Crippen LogP contribution in [-0.4, -0.2) is 161 Å². The Bertz CT molecular complexity index is 1790. The third kappa shape index (κ3) is 47.6. The standard InChI is InChI=1S/C37H71NO7.C30H58NO10P.HO3P/c1-5-7-9-11-12-13-14-15-16-17-18-19-20-22-24-26-33(40)38-34-36(35(41)32(27-29-39)45-37(34)43-4)44-30-28-31(42-3)25-23-21-10-8-6-2;1-3-5-7-9-11-13-14-16-18-20-24(33)22-26(34)31-27-29(39-21-19-17-15-12-10-8-6-4-2)28(35)25(23-32)40-30(27)41-42(36,37)38;1-3-4-2/h13-14,31-32,34-37,39,41H,5-12,15-30H2,1-4H3,(H,38,40);25,27-30,32,35H,3-23H2,1-2H3,(H,31,34)(H2,36,37,38);1H/b14-13-;;/t31-,32-,34-,35-,36-,37-;25-,27-,28-,29-,30-;/m11./s1. The topological polar surface area (TPSA) is 325 Å². The zero-order valence-corrected chi connectivity index (χ0v) is 58.9. The third-order valence-electron chi connectivity index (χ3n) is 16.7. The number of methoxy groups -OCH3 is 2. The molecule has 538 valence electrons. The van der Waals surface area contributed by atoms with Gasteiger partial charge in [-0.2, -0.15) is 0 Å². The van der Waals surface area contributed by atoms with Crippen molar-refractivity contribution in [3.05, 3.63) is 12.2 Å². The van der Waals surface area contributed by atoms with Crippen LogP contribution in [0.15, 0.2) is 12.2 Å². The predicted octanol–water partition coefficient (Wildman–Crippen LogP) is 13.5. The lowest BCUT2D eigenvalue weighted by molar-refractivity contribution is -0.267. The summed E-state index contributed by atoms with van der Waals surface area (Å²) in [5.74, 6) is -1.01. The van der Waals surface area contributed by atoms with E-state index in [2.05, 4.69) is 55.2 Å². The molecule has 2 rings (SSSR count). The molecule has 0 bridgehead atoms. The highest BCUT2D eigenvalue weighted by Crippen LogP contribution is 2.41. The monoisotopic (exact) mass is 1340 g/mol. The van der Waals surface area contributed by atoms with Gasteiger partial charge in [0.15, 0.2) is 12.6 Å². The zero-order valence-electron chi connectivity index (χ0n) is 57.2. The van der Waals surface area contributed by atoms with E-state index in [4.69, 9.17) is 42.8 Å². The fraction of sp³-hybridized carbons (Fsp3) is 0.925. The lowest BCUT2D eigenvalue weighted by Crippen LogP contribution is -2.65. The first kappa shape index (κ1) is 89.1. The van der Waals surface area contributed by atoms with Gasteiger partial charge < -0.3 is 69.3 Å². The van der Waals surface area contributed by atoms with Gasteiger partial charge in [-0.15, -0.1) is 4.67 Å². The van der Waals surface area contributed by atoms with Crippen molar-refractivity contribution in [2.24, 2.45) is 0 Å². The van der Waals surface area contributed by atoms with Crippen LogP contribution in [0.25, 0.3) is 0 Å². The number of aliphatic hydroxyl groups is 4. The number of Topliss-reactive ketones (excluding diaryl/α,β-unsaturated/α-hetero) is 1. The van der Waals surface area contributed by atoms with Crippen LogP contribution < -0.4 is 10.6 Å². The molecule has 2 fully saturated rings. The van der Waals surface area contributed by atoms with Crippen molar-refractivity contribution in [2.75, 3.05) is 40.6 Å². The summed E-state index contributed by atoms with van der Waals surface area (Å²) >= 11 is 0. The average molecular weight is 1350 g/mol. The van der Waals surface area contributed by atoms with Gasteiger partial charge in [0.05, 0.1) is 25.2 Å². The zero-order chi connectivity index (χ0) is 67.6. The van der Waals surface area contributed by atoms with Crippen LogP contribution in [0, 0.1) is 0 Å². The lowest BCUT2D eigenvalue weighted by Gasteiger charge is -2.44. The van der Waals surface area contributed by atoms with Gasteiger partial charge in [-0.05, 0) is 64.2 Å². The van der Waals surface area contributed by atoms with Gasteiger partial charge in [0.2, 0.25) is 11.8 Å². The van der Waals surface area contributed by atoms with Gasteiger partial charge >= 0.3 is 16.5 Å². The summed E-state index contributed by atoms with van der Waals surface area (Å²) in [6.07, 6.45) is 38.7. The van der Waals surface area contributed by atoms with Gasteiger partial charge in [-0.25, -0.2) is 14.4 Å². The first-order valence-corrected chi connectivity index (χ1v) is 37.6. The van der Waals surface area contributed by atoms with Gasteiger partial charge in [-0.3, -0.25) is 18.9 Å². The largest absolute Gasteiger partial charge is 0.472 e. The Kier molecular flexibility index (Phi) is 60.4. The number of carbonyl (C=O) groups excluding carboxylic acids is 3. The highest BCUT2D eigenvalue weighted by molar-refractivity contribution is 7.46. The molecular weight excluding hydrogens is 1210 g/mol. The summed E-state index contributed by atoms with van der Waals surface area (Å²) in [5.41, 5.74) is 0. The van der Waals surface area contributed by atoms with Gasteiger partial charge in [0.1, 0.15) is 48.4 Å². The highest BCUT2D eigenvalue weighted by atomic mass is 31.2. The van der Waals surface area contributed by atoms with Crippen LogP contribution in [0.4, 0.5) is 0 Å². The van der Waals surface area contributed by atoms with Crippen molar-refractivity contribution in [1.29, 1.82) is 0 Å². The quantitative estimate of drug-likeness (QED) is 0.00682. The van der Waals surface area contributed by atoms with Crippen LogP contribution >= 0.6 is 16.5 Å². The average Bonchev–Trinajstić information content (AvgIpc) is 0.852. The van der Waals surface area contributed by atoms with Crippen LogP contribution in [0.3, 0.4) is 0 Å². The summed E-state index contributed by atoms with van der Waals surface area (Å²) in [4.78, 5) is 57.0. The van der Waals surface area contributed by atoms with Crippen LogP contribution in [0.1, 0.15) is 291 Å². The minimum atomic E-state index is -5.07. The molecule has 11 atom stereocenters. The molecule has 0 aliphatic carbocycles. The molecule has 0 saturated carbocycles. The number of amides is 2. The van der Waals surface area contributed by atoms with Crippen molar-refractivity contribution in [3.63, 3.8) is 0 Å². The molecule has 0 aromatic rings. The normalized spacial score (nSPS) is 22.1. The van der Waals surface area contributed by atoms with E-state index in [-0.39, 0.29) is 43.8 Å². The number of phosphoric ester groups is 1. The number of ether oxygens (including phenoxy) is 6. The molecule has 2 aliphatic rings. The van der Waals surface area contributed by atoms with Gasteiger partial charge in [0.25, 0.3) is 0 Å². The van der Waals surface area contributed by atoms with E-state index in [1.54, 1.807) is 7.11 Å². The molecule has 2 saturated heterocycles. The maximum atomic E-state index is 13.0. The maximum absolute atomic E-state index is 13.0. The highest BCUT2D eigenvalue weighted by Gasteiger charge is 2.50. The Balaban J connectivity index is 0.00000168. The fourth-order valence-electron chi connectivity index (χ4n) is 11.4. The molecule has 2 heterocycles. The fourth-order valence-corrected chi connectivity index (χ4v) is 11.8. The molecule has 0 radical (unpaired) electrons. The Morgan fingerprint density at radius 3 is 1.44 bits per heavy atom. The van der Waals surface area contributed by atoms with Crippen molar-refractivity contribution >= 4 is 34.1 Å². The second-order valence-corrected chi connectivity index (χ2v) is 26.1. The molecular formula is C67H130N2O20P2. The molecule has 0 aromatic heterocycles. The number of hydrogen-bond acceptors (Lipinski definition) is 18. The van der Waals surface area contributed by atoms with Crippen molar-refractivity contribution in [3.8, 4) is 0 Å². The van der Waals surface area contributed by atoms with E-state index in [0.29, 0.717) is 32.3 Å². The second kappa shape index (κ2) is 61.7. The summed E-state index contributed by atoms with van der Waals surface area (Å²) in [7, 11) is -2.51. The van der Waals surface area contributed by atoms with E-state index in [1.807, 2.05) is 0 Å². The SMILES string of the molecule is CCCCCC/C=C\CCCCCCCCCC(=O)N[C@H]1[C@H](OC)O[C@H](CCO)[C@@H](O)[C@@H]1OCC[C@@H](CCCCCCC)OC.CCCCCCCCCCCC(=O)CC(=O)N[C@H]1[C@@H](OP(=O)(O)O)O[C@H](CO)[C@@H](O)[C@@H]1OCCCCCCCCCC.O=POO. The molecule has 2 aliphatic heterocycles. The first-order valence-electron chi connectivity index (χ1n) is 35.4. The Hall–Kier alpha value is -1.92. The molecule has 9 N–H and O–H groups in total. The molecule has 22 nitrogen and oxygen atoms in total. The molecule has 0 aromatic carbocycles. The van der Waals surface area contributed by atoms with Gasteiger partial charge in [-0.1, -0.05) is 220 Å². The Morgan fingerprint density at radius 1 is 0.549 bits per heavy atom. The molecule has 24 heteroatoms. The van der Waals surface area contributed by atoms with E-state index in [1.165, 1.54) is 155 Å². The summed E-state index contributed by atoms with van der Waals surface area (Å²) in [6.45, 7) is 8.66. The third-order valence-corrected chi connectivity index (χ3v) is 17.3. The number of ketones is 1. The summed E-state index contributed by atoms with van der Waals surface area (Å²) < 4.78 is 62.9. The number of aliphatic hydroxyl groups excluding tert-OH is 4. The smallest absolute Gasteiger partial charge is 0.396 e. The van der Waals surface area contributed by atoms with Gasteiger partial charge in [0, 0.05) is 46.9 Å². The predicted molar refractivity (Wildman–Crippen MR) is 355 cm³/mol. The van der Waals surface area contributed by atoms with E-state index >= 15 is 0 Å². The van der Waals surface area contributed by atoms with Crippen LogP contribution in [0.2, 0.25) is 0 Å². The lowest BCUT2D eigenvalue weighted by atomic mass is 9.94. The molecule has 2 amide bonds. The number of hydrogen-bond donors (Lipinski definition) is 9. The summed E-state index contributed by atoms with van der Waals surface area (Å²) in [6, 6.07) is -1.95. The number of unbranched alkanes of at least 4 members (excludes halogenated alkanes) is 30. The van der Waals surface area contributed by atoms with E-state index in [0.717, 1.165) is 70.6 Å². The Morgan fingerprint density at radius 2 is 0.967 bits per heavy atom. The van der Waals surface area contributed by atoms with Crippen molar-refractivity contribution < 1.29 is 96.6 Å². The summed E-state index contributed by atoms with van der Waals surface area (Å²) in [5, 5.41) is 53.7. The maximum Gasteiger partial charge on any atom is 0.472 e. The second-order valence-electron chi connectivity index (χ2n) is 24.6. The minimum absolute atomic E-state index is 0.0876. The Labute approximate surface area is 550 Å². The number of nitrogens with one attached hydrogen (secondary N) is 2. The van der Waals surface area contributed by atoms with Crippen LogP contribution in [0.5, 0.6) is 0 Å². The van der Waals surface area contributed by atoms with Crippen molar-refractivity contribution in [1.82, 2.24) is 10.6 Å². The number of phosphoric acid groups is 1. The van der Waals surface area contributed by atoms with E-state index in [9.17, 15) is 49.2 Å². The number of rotatable bonds is 57. The first-order chi connectivity index (χ1) is 44.1. The van der Waals surface area contributed by atoms with E-state index < -0.39 is 96.7 Å². The number of carbonyl (C=O) groups is 3. The minimum Gasteiger partial charge on any atom is -0.396 e. The number of allylic oxidation sites excluding steroid dienone is 2.